The van der Waals surface area contributed by atoms with Crippen molar-refractivity contribution in [3.05, 3.63) is 29.3 Å². The van der Waals surface area contributed by atoms with Crippen molar-refractivity contribution in [2.75, 3.05) is 26.2 Å². The number of aryl methyl sites for hydroxylation is 1. The molecule has 2 N–H and O–H groups in total. The molecule has 0 bridgehead atoms. The monoisotopic (exact) mass is 302 g/mol. The Morgan fingerprint density at radius 1 is 1.29 bits per heavy atom. The summed E-state index contributed by atoms with van der Waals surface area (Å²) in [5.74, 6) is 0.0840. The molecule has 0 saturated carbocycles. The second kappa shape index (κ2) is 6.66. The normalized spacial score (nSPS) is 18.7. The predicted octanol–water partition coefficient (Wildman–Crippen LogP) is 2.99. The second-order valence-corrected chi connectivity index (χ2v) is 5.52. The Bertz CT molecular complexity index is 470. The van der Waals surface area contributed by atoms with Crippen LogP contribution in [0.2, 0.25) is 0 Å². The first-order valence-electron chi connectivity index (χ1n) is 7.18. The van der Waals surface area contributed by atoms with Crippen molar-refractivity contribution in [2.45, 2.75) is 32.0 Å². The third kappa shape index (κ3) is 4.61. The minimum absolute atomic E-state index is 0.0277. The zero-order chi connectivity index (χ0) is 15.5. The lowest BCUT2D eigenvalue weighted by Crippen LogP contribution is -2.45. The first-order valence-corrected chi connectivity index (χ1v) is 7.18. The molecule has 1 aliphatic heterocycles. The molecule has 0 unspecified atom stereocenters. The topological polar surface area (TPSA) is 35.5 Å². The van der Waals surface area contributed by atoms with E-state index in [1.807, 2.05) is 17.9 Å². The molecule has 1 heterocycles. The number of halogens is 3. The van der Waals surface area contributed by atoms with E-state index in [0.29, 0.717) is 18.7 Å². The van der Waals surface area contributed by atoms with Crippen LogP contribution in [0.25, 0.3) is 0 Å². The van der Waals surface area contributed by atoms with Gasteiger partial charge in [0.2, 0.25) is 0 Å². The maximum absolute atomic E-state index is 12.6. The number of aromatic hydroxyl groups is 1. The van der Waals surface area contributed by atoms with E-state index in [1.54, 1.807) is 12.1 Å². The summed E-state index contributed by atoms with van der Waals surface area (Å²) in [5.41, 5.74) is 1.48. The van der Waals surface area contributed by atoms with Crippen molar-refractivity contribution in [1.82, 2.24) is 10.2 Å². The number of phenolic OH excluding ortho intramolecular Hbond substituents is 1. The van der Waals surface area contributed by atoms with Crippen LogP contribution in [0.5, 0.6) is 5.75 Å². The van der Waals surface area contributed by atoms with Gasteiger partial charge >= 0.3 is 6.18 Å². The van der Waals surface area contributed by atoms with Crippen molar-refractivity contribution in [3.63, 3.8) is 0 Å². The van der Waals surface area contributed by atoms with Crippen LogP contribution in [-0.2, 0) is 0 Å². The van der Waals surface area contributed by atoms with Crippen molar-refractivity contribution in [3.8, 4) is 5.75 Å². The highest BCUT2D eigenvalue weighted by Crippen LogP contribution is 2.35. The molecule has 1 atom stereocenters. The lowest BCUT2D eigenvalue weighted by Gasteiger charge is -2.35. The van der Waals surface area contributed by atoms with Crippen LogP contribution in [0.15, 0.2) is 18.2 Å². The first-order chi connectivity index (χ1) is 9.87. The molecule has 1 aromatic carbocycles. The second-order valence-electron chi connectivity index (χ2n) is 5.52. The van der Waals surface area contributed by atoms with E-state index in [9.17, 15) is 18.3 Å². The maximum Gasteiger partial charge on any atom is 0.389 e. The lowest BCUT2D eigenvalue weighted by molar-refractivity contribution is -0.138. The van der Waals surface area contributed by atoms with Gasteiger partial charge in [0, 0.05) is 44.2 Å². The van der Waals surface area contributed by atoms with Gasteiger partial charge in [-0.25, -0.2) is 0 Å². The van der Waals surface area contributed by atoms with Gasteiger partial charge in [-0.2, -0.15) is 13.2 Å². The van der Waals surface area contributed by atoms with Gasteiger partial charge in [0.1, 0.15) is 5.75 Å². The van der Waals surface area contributed by atoms with E-state index in [0.717, 1.165) is 18.7 Å². The smallest absolute Gasteiger partial charge is 0.389 e. The zero-order valence-electron chi connectivity index (χ0n) is 12.1. The number of phenols is 1. The first kappa shape index (κ1) is 16.1. The molecule has 0 radical (unpaired) electrons. The van der Waals surface area contributed by atoms with Crippen LogP contribution in [0.3, 0.4) is 0 Å². The van der Waals surface area contributed by atoms with Crippen molar-refractivity contribution in [1.29, 1.82) is 0 Å². The van der Waals surface area contributed by atoms with E-state index < -0.39 is 18.6 Å². The number of hydrogen-bond donors (Lipinski definition) is 2. The molecular weight excluding hydrogens is 281 g/mol. The van der Waals surface area contributed by atoms with Gasteiger partial charge in [0.05, 0.1) is 0 Å². The summed E-state index contributed by atoms with van der Waals surface area (Å²) in [6.45, 7) is 4.75. The summed E-state index contributed by atoms with van der Waals surface area (Å²) < 4.78 is 37.7. The molecule has 0 aromatic heterocycles. The number of alkyl halides is 3. The van der Waals surface area contributed by atoms with Crippen LogP contribution < -0.4 is 5.32 Å². The summed E-state index contributed by atoms with van der Waals surface area (Å²) in [6, 6.07) is 4.79. The fourth-order valence-corrected chi connectivity index (χ4v) is 2.76. The third-order valence-corrected chi connectivity index (χ3v) is 3.84. The van der Waals surface area contributed by atoms with Crippen LogP contribution in [0.1, 0.15) is 30.0 Å². The molecule has 1 fully saturated rings. The van der Waals surface area contributed by atoms with Gasteiger partial charge in [-0.05, 0) is 25.0 Å². The lowest BCUT2D eigenvalue weighted by atomic mass is 9.97. The highest BCUT2D eigenvalue weighted by Gasteiger charge is 2.32. The van der Waals surface area contributed by atoms with Crippen LogP contribution in [-0.4, -0.2) is 42.4 Å². The van der Waals surface area contributed by atoms with Gasteiger partial charge in [0.25, 0.3) is 0 Å². The number of benzene rings is 1. The maximum atomic E-state index is 12.6. The summed E-state index contributed by atoms with van der Waals surface area (Å²) in [6.07, 6.45) is -5.04. The Kier molecular flexibility index (Phi) is 5.11. The number of hydrogen-bond acceptors (Lipinski definition) is 3. The van der Waals surface area contributed by atoms with Crippen LogP contribution in [0.4, 0.5) is 13.2 Å². The Hall–Kier alpha value is -1.27. The summed E-state index contributed by atoms with van der Waals surface area (Å²) >= 11 is 0. The van der Waals surface area contributed by atoms with Crippen LogP contribution in [0, 0.1) is 6.92 Å². The molecule has 21 heavy (non-hydrogen) atoms. The largest absolute Gasteiger partial charge is 0.508 e. The molecule has 6 heteroatoms. The van der Waals surface area contributed by atoms with Crippen molar-refractivity contribution < 1.29 is 18.3 Å². The Labute approximate surface area is 122 Å². The Morgan fingerprint density at radius 3 is 2.52 bits per heavy atom. The molecule has 0 aliphatic carbocycles. The fourth-order valence-electron chi connectivity index (χ4n) is 2.76. The van der Waals surface area contributed by atoms with Gasteiger partial charge in [-0.15, -0.1) is 0 Å². The molecule has 0 amide bonds. The van der Waals surface area contributed by atoms with E-state index >= 15 is 0 Å². The molecule has 0 spiro atoms. The number of piperazine rings is 1. The average Bonchev–Trinajstić information content (AvgIpc) is 2.41. The van der Waals surface area contributed by atoms with E-state index in [-0.39, 0.29) is 12.2 Å². The predicted molar refractivity (Wildman–Crippen MR) is 75.3 cm³/mol. The zero-order valence-corrected chi connectivity index (χ0v) is 12.1. The Morgan fingerprint density at radius 2 is 1.95 bits per heavy atom. The SMILES string of the molecule is Cc1ccc([C@H](CCC(F)(F)F)N2CCNCC2)c(O)c1. The van der Waals surface area contributed by atoms with Gasteiger partial charge < -0.3 is 10.4 Å². The summed E-state index contributed by atoms with van der Waals surface area (Å²) in [4.78, 5) is 2.02. The molecule has 1 saturated heterocycles. The van der Waals surface area contributed by atoms with Crippen molar-refractivity contribution >= 4 is 0 Å². The van der Waals surface area contributed by atoms with E-state index in [4.69, 9.17) is 0 Å². The minimum atomic E-state index is -4.17. The molecular formula is C15H21F3N2O. The highest BCUT2D eigenvalue weighted by atomic mass is 19.4. The summed E-state index contributed by atoms with van der Waals surface area (Å²) in [7, 11) is 0. The number of nitrogens with zero attached hydrogens (tertiary/aromatic N) is 1. The van der Waals surface area contributed by atoms with Gasteiger partial charge in [-0.1, -0.05) is 12.1 Å². The van der Waals surface area contributed by atoms with Crippen molar-refractivity contribution in [2.24, 2.45) is 0 Å². The molecule has 1 aliphatic rings. The van der Waals surface area contributed by atoms with E-state index in [2.05, 4.69) is 5.32 Å². The standard InChI is InChI=1S/C15H21F3N2O/c1-11-2-3-12(14(21)10-11)13(4-5-15(16,17)18)20-8-6-19-7-9-20/h2-3,10,13,19,21H,4-9H2,1H3/t13-/m0/s1. The highest BCUT2D eigenvalue weighted by molar-refractivity contribution is 5.38. The third-order valence-electron chi connectivity index (χ3n) is 3.84. The van der Waals surface area contributed by atoms with Gasteiger partial charge in [-0.3, -0.25) is 4.90 Å². The number of rotatable bonds is 4. The summed E-state index contributed by atoms with van der Waals surface area (Å²) in [5, 5.41) is 13.3. The average molecular weight is 302 g/mol. The molecule has 118 valence electrons. The molecule has 3 nitrogen and oxygen atoms in total. The molecule has 1 aromatic rings. The fraction of sp³-hybridized carbons (Fsp3) is 0.600. The quantitative estimate of drug-likeness (QED) is 0.897. The number of nitrogens with one attached hydrogen (secondary N) is 1. The van der Waals surface area contributed by atoms with Crippen LogP contribution >= 0.6 is 0 Å². The Balaban J connectivity index is 2.21. The molecule has 2 rings (SSSR count). The van der Waals surface area contributed by atoms with Gasteiger partial charge in [0.15, 0.2) is 0 Å². The van der Waals surface area contributed by atoms with E-state index in [1.165, 1.54) is 0 Å². The minimum Gasteiger partial charge on any atom is -0.508 e.